The molecule has 2 aromatic rings. The van der Waals surface area contributed by atoms with Crippen molar-refractivity contribution >= 4 is 21.6 Å². The van der Waals surface area contributed by atoms with Crippen LogP contribution in [-0.4, -0.2) is 38.9 Å². The topological polar surface area (TPSA) is 63.7 Å². The van der Waals surface area contributed by atoms with Gasteiger partial charge in [-0.3, -0.25) is 0 Å². The number of fused-ring (bicyclic) bond motifs is 1. The van der Waals surface area contributed by atoms with Gasteiger partial charge in [0.15, 0.2) is 0 Å². The smallest absolute Gasteiger partial charge is 0.338 e. The van der Waals surface area contributed by atoms with Crippen molar-refractivity contribution in [1.82, 2.24) is 4.31 Å². The van der Waals surface area contributed by atoms with Crippen LogP contribution in [0.2, 0.25) is 0 Å². The molecule has 0 radical (unpaired) electrons. The maximum absolute atomic E-state index is 13.1. The van der Waals surface area contributed by atoms with Crippen LogP contribution in [0.15, 0.2) is 76.7 Å². The fraction of sp³-hybridized carbons (Fsp3) is 0.261. The molecule has 1 saturated heterocycles. The predicted octanol–water partition coefficient (Wildman–Crippen LogP) is 3.57. The zero-order valence-corrected chi connectivity index (χ0v) is 17.3. The maximum Gasteiger partial charge on any atom is 0.338 e. The van der Waals surface area contributed by atoms with Gasteiger partial charge in [0.1, 0.15) is 0 Å². The van der Waals surface area contributed by atoms with Crippen LogP contribution < -0.4 is 0 Å². The Morgan fingerprint density at radius 2 is 1.76 bits per heavy atom. The average molecular weight is 410 g/mol. The lowest BCUT2D eigenvalue weighted by Gasteiger charge is -2.22. The number of nitrogens with zero attached hydrogens (tertiary/aromatic N) is 1. The van der Waals surface area contributed by atoms with Crippen molar-refractivity contribution in [2.45, 2.75) is 18.2 Å². The van der Waals surface area contributed by atoms with Gasteiger partial charge in [-0.1, -0.05) is 48.0 Å². The molecule has 2 aliphatic rings. The lowest BCUT2D eigenvalue weighted by Crippen LogP contribution is -2.29. The number of aryl methyl sites for hydroxylation is 1. The number of ether oxygens (including phenoxy) is 1. The number of rotatable bonds is 4. The van der Waals surface area contributed by atoms with Gasteiger partial charge in [0.05, 0.1) is 17.6 Å². The standard InChI is InChI=1S/C23H23NO4S/c1-16-8-10-20(11-9-16)29(26,27)24-14-18-12-21(17-6-4-3-5-7-17)22(23(25)28-2)13-19(18)15-24/h3-11,13,18H,12,14-15H2,1-2H3/t18-/m1/s1. The van der Waals surface area contributed by atoms with Gasteiger partial charge in [0.25, 0.3) is 0 Å². The molecular weight excluding hydrogens is 386 g/mol. The van der Waals surface area contributed by atoms with Crippen LogP contribution in [0.5, 0.6) is 0 Å². The summed E-state index contributed by atoms with van der Waals surface area (Å²) in [6.45, 7) is 2.63. The van der Waals surface area contributed by atoms with Gasteiger partial charge in [0.2, 0.25) is 10.0 Å². The molecule has 2 aromatic carbocycles. The first-order valence-electron chi connectivity index (χ1n) is 9.54. The summed E-state index contributed by atoms with van der Waals surface area (Å²) in [6.07, 6.45) is 2.44. The van der Waals surface area contributed by atoms with Crippen LogP contribution >= 0.6 is 0 Å². The van der Waals surface area contributed by atoms with Gasteiger partial charge in [-0.2, -0.15) is 4.31 Å². The third-order valence-corrected chi connectivity index (χ3v) is 7.42. The molecule has 1 atom stereocenters. The number of sulfonamides is 1. The Kier molecular flexibility index (Phi) is 5.15. The zero-order valence-electron chi connectivity index (χ0n) is 16.5. The van der Waals surface area contributed by atoms with E-state index in [1.807, 2.05) is 43.3 Å². The fourth-order valence-electron chi connectivity index (χ4n) is 4.00. The van der Waals surface area contributed by atoms with E-state index in [9.17, 15) is 13.2 Å². The van der Waals surface area contributed by atoms with Crippen LogP contribution in [0.25, 0.3) is 5.57 Å². The van der Waals surface area contributed by atoms with E-state index in [2.05, 4.69) is 0 Å². The van der Waals surface area contributed by atoms with Crippen molar-refractivity contribution in [3.05, 3.63) is 82.9 Å². The van der Waals surface area contributed by atoms with Gasteiger partial charge < -0.3 is 4.74 Å². The van der Waals surface area contributed by atoms with Crippen molar-refractivity contribution in [3.63, 3.8) is 0 Å². The minimum atomic E-state index is -3.58. The van der Waals surface area contributed by atoms with Gasteiger partial charge in [-0.15, -0.1) is 0 Å². The van der Waals surface area contributed by atoms with Crippen LogP contribution in [0.3, 0.4) is 0 Å². The van der Waals surface area contributed by atoms with Crippen LogP contribution in [0, 0.1) is 12.8 Å². The Balaban J connectivity index is 1.66. The Morgan fingerprint density at radius 3 is 2.41 bits per heavy atom. The summed E-state index contributed by atoms with van der Waals surface area (Å²) in [7, 11) is -2.21. The molecule has 0 saturated carbocycles. The van der Waals surface area contributed by atoms with E-state index >= 15 is 0 Å². The highest BCUT2D eigenvalue weighted by molar-refractivity contribution is 7.89. The lowest BCUT2D eigenvalue weighted by atomic mass is 9.82. The second-order valence-corrected chi connectivity index (χ2v) is 9.42. The maximum atomic E-state index is 13.1. The van der Waals surface area contributed by atoms with Crippen molar-refractivity contribution in [2.24, 2.45) is 5.92 Å². The summed E-state index contributed by atoms with van der Waals surface area (Å²) in [5.41, 5.74) is 4.35. The highest BCUT2D eigenvalue weighted by Crippen LogP contribution is 2.41. The number of esters is 1. The number of hydrogen-bond donors (Lipinski definition) is 0. The van der Waals surface area contributed by atoms with Crippen LogP contribution in [0.4, 0.5) is 0 Å². The molecule has 0 spiro atoms. The Bertz CT molecular complexity index is 1100. The van der Waals surface area contributed by atoms with Gasteiger partial charge >= 0.3 is 5.97 Å². The molecule has 0 amide bonds. The molecule has 5 nitrogen and oxygen atoms in total. The van der Waals surface area contributed by atoms with E-state index < -0.39 is 16.0 Å². The molecule has 0 bridgehead atoms. The molecule has 6 heteroatoms. The number of carbonyl (C=O) groups is 1. The SMILES string of the molecule is COC(=O)C1=C(c2ccccc2)C[C@@H]2CN(S(=O)(=O)c3ccc(C)cc3)CC2=C1. The normalized spacial score (nSPS) is 19.7. The summed E-state index contributed by atoms with van der Waals surface area (Å²) >= 11 is 0. The van der Waals surface area contributed by atoms with Crippen LogP contribution in [0.1, 0.15) is 17.5 Å². The van der Waals surface area contributed by atoms with Crippen molar-refractivity contribution < 1.29 is 17.9 Å². The predicted molar refractivity (Wildman–Crippen MR) is 112 cm³/mol. The summed E-state index contributed by atoms with van der Waals surface area (Å²) in [6, 6.07) is 16.6. The third-order valence-electron chi connectivity index (χ3n) is 5.60. The largest absolute Gasteiger partial charge is 0.465 e. The van der Waals surface area contributed by atoms with Crippen molar-refractivity contribution in [1.29, 1.82) is 0 Å². The third kappa shape index (κ3) is 3.66. The van der Waals surface area contributed by atoms with E-state index in [4.69, 9.17) is 4.74 Å². The van der Waals surface area contributed by atoms with E-state index in [0.717, 1.165) is 22.3 Å². The molecule has 1 fully saturated rings. The quantitative estimate of drug-likeness (QED) is 0.724. The first kappa shape index (κ1) is 19.6. The second kappa shape index (κ2) is 7.61. The lowest BCUT2D eigenvalue weighted by molar-refractivity contribution is -0.135. The minimum absolute atomic E-state index is 0.0545. The van der Waals surface area contributed by atoms with Crippen molar-refractivity contribution in [3.8, 4) is 0 Å². The van der Waals surface area contributed by atoms with Crippen LogP contribution in [-0.2, 0) is 19.6 Å². The number of methoxy groups -OCH3 is 1. The summed E-state index contributed by atoms with van der Waals surface area (Å²) in [5, 5.41) is 0. The van der Waals surface area contributed by atoms with E-state index in [1.54, 1.807) is 24.3 Å². The monoisotopic (exact) mass is 409 g/mol. The first-order valence-corrected chi connectivity index (χ1v) is 11.0. The molecule has 0 unspecified atom stereocenters. The Hall–Kier alpha value is -2.70. The number of hydrogen-bond acceptors (Lipinski definition) is 4. The summed E-state index contributed by atoms with van der Waals surface area (Å²) in [5.74, 6) is -0.339. The number of benzene rings is 2. The average Bonchev–Trinajstić information content (AvgIpc) is 3.17. The molecule has 0 aromatic heterocycles. The minimum Gasteiger partial charge on any atom is -0.465 e. The summed E-state index contributed by atoms with van der Waals surface area (Å²) < 4.78 is 32.7. The highest BCUT2D eigenvalue weighted by atomic mass is 32.2. The molecular formula is C23H23NO4S. The molecule has 0 N–H and O–H groups in total. The molecule has 29 heavy (non-hydrogen) atoms. The molecule has 150 valence electrons. The molecule has 4 rings (SSSR count). The molecule has 1 aliphatic carbocycles. The van der Waals surface area contributed by atoms with E-state index in [-0.39, 0.29) is 5.92 Å². The number of allylic oxidation sites excluding steroid dienone is 1. The Morgan fingerprint density at radius 1 is 1.07 bits per heavy atom. The van der Waals surface area contributed by atoms with Crippen molar-refractivity contribution in [2.75, 3.05) is 20.2 Å². The fourth-order valence-corrected chi connectivity index (χ4v) is 5.47. The molecule has 1 heterocycles. The Labute approximate surface area is 171 Å². The molecule has 1 aliphatic heterocycles. The first-order chi connectivity index (χ1) is 13.9. The van der Waals surface area contributed by atoms with E-state index in [0.29, 0.717) is 30.0 Å². The van der Waals surface area contributed by atoms with Gasteiger partial charge in [-0.25, -0.2) is 13.2 Å². The van der Waals surface area contributed by atoms with Gasteiger partial charge in [0, 0.05) is 13.1 Å². The summed E-state index contributed by atoms with van der Waals surface area (Å²) in [4.78, 5) is 12.7. The number of carbonyl (C=O) groups excluding carboxylic acids is 1. The van der Waals surface area contributed by atoms with Gasteiger partial charge in [-0.05, 0) is 54.2 Å². The van der Waals surface area contributed by atoms with E-state index in [1.165, 1.54) is 11.4 Å². The second-order valence-electron chi connectivity index (χ2n) is 7.48. The highest BCUT2D eigenvalue weighted by Gasteiger charge is 2.39. The zero-order chi connectivity index (χ0) is 20.6.